The number of carbonyl (C=O) groups is 1. The SMILES string of the molecule is COC(=O)c1cc(CS(=O)(=O)Cl)n(C)n1. The van der Waals surface area contributed by atoms with Gasteiger partial charge in [-0.25, -0.2) is 13.2 Å². The van der Waals surface area contributed by atoms with Gasteiger partial charge in [-0.1, -0.05) is 0 Å². The van der Waals surface area contributed by atoms with Crippen LogP contribution in [0.4, 0.5) is 0 Å². The van der Waals surface area contributed by atoms with Crippen molar-refractivity contribution in [1.82, 2.24) is 9.78 Å². The molecule has 6 nitrogen and oxygen atoms in total. The van der Waals surface area contributed by atoms with Crippen LogP contribution in [0.1, 0.15) is 16.2 Å². The lowest BCUT2D eigenvalue weighted by Crippen LogP contribution is -2.04. The molecule has 0 saturated carbocycles. The first-order valence-corrected chi connectivity index (χ1v) is 6.35. The molecule has 1 aromatic heterocycles. The number of carbonyl (C=O) groups excluding carboxylic acids is 1. The van der Waals surface area contributed by atoms with Crippen LogP contribution in [0, 0.1) is 0 Å². The number of esters is 1. The molecule has 0 amide bonds. The Bertz CT molecular complexity index is 479. The molecule has 15 heavy (non-hydrogen) atoms. The fraction of sp³-hybridized carbons (Fsp3) is 0.429. The molecule has 84 valence electrons. The average Bonchev–Trinajstić information content (AvgIpc) is 2.44. The van der Waals surface area contributed by atoms with E-state index < -0.39 is 15.0 Å². The molecule has 0 radical (unpaired) electrons. The molecule has 1 heterocycles. The molecule has 0 fully saturated rings. The Morgan fingerprint density at radius 3 is 2.73 bits per heavy atom. The third kappa shape index (κ3) is 3.21. The summed E-state index contributed by atoms with van der Waals surface area (Å²) in [5.74, 6) is -1.00. The summed E-state index contributed by atoms with van der Waals surface area (Å²) < 4.78 is 27.3. The van der Waals surface area contributed by atoms with Gasteiger partial charge in [0.1, 0.15) is 5.75 Å². The Labute approximate surface area is 91.2 Å². The van der Waals surface area contributed by atoms with E-state index in [-0.39, 0.29) is 11.4 Å². The molecule has 0 aromatic carbocycles. The maximum absolute atomic E-state index is 11.1. The molecule has 0 aliphatic rings. The lowest BCUT2D eigenvalue weighted by molar-refractivity contribution is 0.0593. The normalized spacial score (nSPS) is 11.4. The van der Waals surface area contributed by atoms with Crippen molar-refractivity contribution in [3.05, 3.63) is 17.5 Å². The molecule has 0 saturated heterocycles. The van der Waals surface area contributed by atoms with E-state index in [0.717, 1.165) is 0 Å². The maximum atomic E-state index is 11.1. The van der Waals surface area contributed by atoms with Crippen LogP contribution < -0.4 is 0 Å². The first kappa shape index (κ1) is 12.0. The topological polar surface area (TPSA) is 78.3 Å². The average molecular weight is 253 g/mol. The second kappa shape index (κ2) is 4.19. The minimum Gasteiger partial charge on any atom is -0.464 e. The summed E-state index contributed by atoms with van der Waals surface area (Å²) in [4.78, 5) is 11.1. The smallest absolute Gasteiger partial charge is 0.358 e. The van der Waals surface area contributed by atoms with Crippen LogP contribution >= 0.6 is 10.7 Å². The molecule has 0 spiro atoms. The number of hydrogen-bond donors (Lipinski definition) is 0. The molecule has 1 rings (SSSR count). The molecule has 0 aliphatic heterocycles. The molecular formula is C7H9ClN2O4S. The number of ether oxygens (including phenoxy) is 1. The van der Waals surface area contributed by atoms with E-state index in [2.05, 4.69) is 9.84 Å². The Hall–Kier alpha value is -1.08. The van der Waals surface area contributed by atoms with Crippen LogP contribution in [0.25, 0.3) is 0 Å². The number of aryl methyl sites for hydroxylation is 1. The summed E-state index contributed by atoms with van der Waals surface area (Å²) in [5.41, 5.74) is 0.376. The summed E-state index contributed by atoms with van der Waals surface area (Å²) in [7, 11) is 4.15. The maximum Gasteiger partial charge on any atom is 0.358 e. The van der Waals surface area contributed by atoms with E-state index >= 15 is 0 Å². The van der Waals surface area contributed by atoms with Crippen LogP contribution in [0.15, 0.2) is 6.07 Å². The molecule has 0 N–H and O–H groups in total. The van der Waals surface area contributed by atoms with Crippen molar-refractivity contribution in [3.63, 3.8) is 0 Å². The second-order valence-corrected chi connectivity index (χ2v) is 5.60. The van der Waals surface area contributed by atoms with Crippen molar-refractivity contribution in [3.8, 4) is 0 Å². The predicted octanol–water partition coefficient (Wildman–Crippen LogP) is 0.275. The predicted molar refractivity (Wildman–Crippen MR) is 53.0 cm³/mol. The van der Waals surface area contributed by atoms with Crippen molar-refractivity contribution in [2.75, 3.05) is 7.11 Å². The van der Waals surface area contributed by atoms with Crippen molar-refractivity contribution in [2.45, 2.75) is 5.75 Å². The standard InChI is InChI=1S/C7H9ClN2O4S/c1-10-5(4-15(8,12)13)3-6(9-10)7(11)14-2/h3H,4H2,1-2H3. The molecule has 0 bridgehead atoms. The second-order valence-electron chi connectivity index (χ2n) is 2.82. The minimum atomic E-state index is -3.66. The number of nitrogens with zero attached hydrogens (tertiary/aromatic N) is 2. The van der Waals surface area contributed by atoms with Gasteiger partial charge in [-0.05, 0) is 6.07 Å². The van der Waals surface area contributed by atoms with Crippen molar-refractivity contribution >= 4 is 25.7 Å². The number of halogens is 1. The largest absolute Gasteiger partial charge is 0.464 e. The third-order valence-corrected chi connectivity index (χ3v) is 2.66. The summed E-state index contributed by atoms with van der Waals surface area (Å²) in [5, 5.41) is 3.78. The molecule has 0 unspecified atom stereocenters. The van der Waals surface area contributed by atoms with Crippen LogP contribution in [-0.2, 0) is 26.6 Å². The van der Waals surface area contributed by atoms with Crippen LogP contribution in [0.5, 0.6) is 0 Å². The lowest BCUT2D eigenvalue weighted by atomic mass is 10.4. The highest BCUT2D eigenvalue weighted by atomic mass is 35.7. The Balaban J connectivity index is 3.02. The van der Waals surface area contributed by atoms with Crippen LogP contribution in [0.2, 0.25) is 0 Å². The van der Waals surface area contributed by atoms with Gasteiger partial charge >= 0.3 is 5.97 Å². The fourth-order valence-electron chi connectivity index (χ4n) is 1.02. The van der Waals surface area contributed by atoms with Gasteiger partial charge in [0.25, 0.3) is 0 Å². The summed E-state index contributed by atoms with van der Waals surface area (Å²) >= 11 is 0. The van der Waals surface area contributed by atoms with Gasteiger partial charge in [0.15, 0.2) is 5.69 Å². The van der Waals surface area contributed by atoms with Gasteiger partial charge in [0, 0.05) is 17.7 Å². The zero-order valence-electron chi connectivity index (χ0n) is 8.10. The number of methoxy groups -OCH3 is 1. The third-order valence-electron chi connectivity index (χ3n) is 1.69. The van der Waals surface area contributed by atoms with E-state index in [4.69, 9.17) is 10.7 Å². The minimum absolute atomic E-state index is 0.0512. The summed E-state index contributed by atoms with van der Waals surface area (Å²) in [6.45, 7) is 0. The molecule has 0 aliphatic carbocycles. The highest BCUT2D eigenvalue weighted by molar-refractivity contribution is 8.13. The van der Waals surface area contributed by atoms with Gasteiger partial charge in [0.2, 0.25) is 9.05 Å². The van der Waals surface area contributed by atoms with Crippen molar-refractivity contribution in [1.29, 1.82) is 0 Å². The number of hydrogen-bond acceptors (Lipinski definition) is 5. The molecule has 8 heteroatoms. The Morgan fingerprint density at radius 1 is 1.67 bits per heavy atom. The van der Waals surface area contributed by atoms with E-state index in [1.165, 1.54) is 24.9 Å². The van der Waals surface area contributed by atoms with Gasteiger partial charge in [0.05, 0.1) is 12.8 Å². The van der Waals surface area contributed by atoms with Crippen LogP contribution in [-0.4, -0.2) is 31.3 Å². The zero-order valence-corrected chi connectivity index (χ0v) is 9.67. The Morgan fingerprint density at radius 2 is 2.27 bits per heavy atom. The monoisotopic (exact) mass is 252 g/mol. The van der Waals surface area contributed by atoms with Gasteiger partial charge in [-0.3, -0.25) is 4.68 Å². The number of rotatable bonds is 3. The van der Waals surface area contributed by atoms with E-state index in [1.807, 2.05) is 0 Å². The quantitative estimate of drug-likeness (QED) is 0.570. The van der Waals surface area contributed by atoms with Crippen molar-refractivity contribution in [2.24, 2.45) is 7.05 Å². The van der Waals surface area contributed by atoms with E-state index in [9.17, 15) is 13.2 Å². The van der Waals surface area contributed by atoms with Crippen molar-refractivity contribution < 1.29 is 17.9 Å². The highest BCUT2D eigenvalue weighted by Gasteiger charge is 2.16. The Kier molecular flexibility index (Phi) is 3.35. The van der Waals surface area contributed by atoms with E-state index in [1.54, 1.807) is 0 Å². The fourth-order valence-corrected chi connectivity index (χ4v) is 1.98. The summed E-state index contributed by atoms with van der Waals surface area (Å²) in [6.07, 6.45) is 0. The van der Waals surface area contributed by atoms with Crippen LogP contribution in [0.3, 0.4) is 0 Å². The summed E-state index contributed by atoms with van der Waals surface area (Å²) in [6, 6.07) is 1.33. The first-order valence-electron chi connectivity index (χ1n) is 3.87. The molecular weight excluding hydrogens is 244 g/mol. The number of aromatic nitrogens is 2. The van der Waals surface area contributed by atoms with Gasteiger partial charge < -0.3 is 4.74 Å². The first-order chi connectivity index (χ1) is 6.83. The van der Waals surface area contributed by atoms with Gasteiger partial charge in [-0.15, -0.1) is 0 Å². The lowest BCUT2D eigenvalue weighted by Gasteiger charge is -1.96. The van der Waals surface area contributed by atoms with E-state index in [0.29, 0.717) is 5.69 Å². The highest BCUT2D eigenvalue weighted by Crippen LogP contribution is 2.11. The molecule has 1 aromatic rings. The van der Waals surface area contributed by atoms with Gasteiger partial charge in [-0.2, -0.15) is 5.10 Å². The zero-order chi connectivity index (χ0) is 11.6. The molecule has 0 atom stereocenters.